The molecule has 0 amide bonds. The Kier molecular flexibility index (Phi) is 22.5. The second-order valence-electron chi connectivity index (χ2n) is 2.06. The summed E-state index contributed by atoms with van der Waals surface area (Å²) in [5.41, 5.74) is 0. The third kappa shape index (κ3) is 22.4. The monoisotopic (exact) mass is 208 g/mol. The summed E-state index contributed by atoms with van der Waals surface area (Å²) in [6.07, 6.45) is 4.22. The van der Waals surface area contributed by atoms with Crippen LogP contribution in [0.2, 0.25) is 0 Å². The summed E-state index contributed by atoms with van der Waals surface area (Å²) in [4.78, 5) is 14.2. The Morgan fingerprint density at radius 3 is 1.58 bits per heavy atom. The fourth-order valence-electron chi connectivity index (χ4n) is 0.802. The zero-order valence-corrected chi connectivity index (χ0v) is 10.2. The average molecular weight is 208 g/mol. The third-order valence-corrected chi connectivity index (χ3v) is 1.21. The zero-order valence-electron chi connectivity index (χ0n) is 8.29. The molecule has 0 spiro atoms. The molecule has 0 radical (unpaired) electrons. The molecule has 1 saturated heterocycles. The Morgan fingerprint density at radius 2 is 1.50 bits per heavy atom. The van der Waals surface area contributed by atoms with Gasteiger partial charge in [0.15, 0.2) is 0 Å². The van der Waals surface area contributed by atoms with Crippen molar-refractivity contribution in [2.24, 2.45) is 0 Å². The van der Waals surface area contributed by atoms with Crippen LogP contribution in [0.25, 0.3) is 0 Å². The van der Waals surface area contributed by atoms with E-state index in [2.05, 4.69) is 5.32 Å². The number of hydrogen-bond acceptors (Lipinski definition) is 2. The molecule has 1 heterocycles. The van der Waals surface area contributed by atoms with Crippen molar-refractivity contribution in [3.05, 3.63) is 0 Å². The molecule has 1 fully saturated rings. The molecule has 0 saturated carbocycles. The van der Waals surface area contributed by atoms with E-state index in [4.69, 9.17) is 14.4 Å². The third-order valence-electron chi connectivity index (χ3n) is 1.21. The van der Waals surface area contributed by atoms with E-state index in [0.717, 1.165) is 0 Å². The fourth-order valence-corrected chi connectivity index (χ4v) is 0.802. The molecule has 7 heteroatoms. The summed E-state index contributed by atoms with van der Waals surface area (Å²) in [5.74, 6) is 0. The predicted molar refractivity (Wildman–Crippen MR) is 43.5 cm³/mol. The van der Waals surface area contributed by atoms with Crippen LogP contribution in [0.4, 0.5) is 0 Å². The van der Waals surface area contributed by atoms with E-state index in [9.17, 15) is 0 Å². The van der Waals surface area contributed by atoms with Crippen molar-refractivity contribution in [3.8, 4) is 0 Å². The number of piperidine rings is 1. The van der Waals surface area contributed by atoms with Crippen molar-refractivity contribution < 1.29 is 50.8 Å². The van der Waals surface area contributed by atoms with Gasteiger partial charge >= 0.3 is 37.8 Å². The van der Waals surface area contributed by atoms with Gasteiger partial charge in [-0.25, -0.2) is 0 Å². The smallest absolute Gasteiger partial charge is 1.00 e. The second-order valence-corrected chi connectivity index (χ2v) is 2.57. The number of hydrogen-bond donors (Lipinski definition) is 3. The van der Waals surface area contributed by atoms with Crippen LogP contribution in [0.15, 0.2) is 0 Å². The minimum absolute atomic E-state index is 0. The summed E-state index contributed by atoms with van der Waals surface area (Å²) in [5, 5.41) is 3.28. The molecule has 5 N–H and O–H groups in total. The molecule has 0 aromatic carbocycles. The first-order valence-electron chi connectivity index (χ1n) is 3.29. The Balaban J connectivity index is -0.0000000536. The first-order valence-corrected chi connectivity index (χ1v) is 4.45. The number of rotatable bonds is 0. The molecule has 1 aliphatic heterocycles. The fraction of sp³-hybridized carbons (Fsp3) is 1.00. The molecule has 5 nitrogen and oxygen atoms in total. The summed E-state index contributed by atoms with van der Waals surface area (Å²) in [6, 6.07) is 0. The normalized spacial score (nSPS) is 14.2. The van der Waals surface area contributed by atoms with Crippen molar-refractivity contribution in [2.45, 2.75) is 19.3 Å². The summed E-state index contributed by atoms with van der Waals surface area (Å²) in [6.45, 7) is 2.50. The van der Waals surface area contributed by atoms with Crippen molar-refractivity contribution in [1.29, 1.82) is 0 Å². The SMILES string of the molecule is C1CCNCC1.O.O=[P+](O)O.[H-].[Na+]. The minimum Gasteiger partial charge on any atom is -1.00 e. The molecule has 0 unspecified atom stereocenters. The van der Waals surface area contributed by atoms with Crippen LogP contribution < -0.4 is 34.9 Å². The molecule has 0 bridgehead atoms. The van der Waals surface area contributed by atoms with Crippen molar-refractivity contribution >= 4 is 8.25 Å². The molecule has 0 atom stereocenters. The molecule has 0 aliphatic carbocycles. The van der Waals surface area contributed by atoms with Crippen LogP contribution in [0, 0.1) is 0 Å². The van der Waals surface area contributed by atoms with E-state index in [1.807, 2.05) is 0 Å². The van der Waals surface area contributed by atoms with Gasteiger partial charge < -0.3 is 12.2 Å². The molecular weight excluding hydrogens is 192 g/mol. The van der Waals surface area contributed by atoms with E-state index in [1.54, 1.807) is 0 Å². The van der Waals surface area contributed by atoms with Crippen molar-refractivity contribution in [3.63, 3.8) is 0 Å². The van der Waals surface area contributed by atoms with Crippen LogP contribution in [0.5, 0.6) is 0 Å². The molecular formula is C5H16NNaO4P+. The second kappa shape index (κ2) is 14.5. The van der Waals surface area contributed by atoms with E-state index in [0.29, 0.717) is 0 Å². The van der Waals surface area contributed by atoms with Crippen molar-refractivity contribution in [1.82, 2.24) is 5.32 Å². The Morgan fingerprint density at radius 1 is 1.17 bits per heavy atom. The molecule has 0 aromatic heterocycles. The van der Waals surface area contributed by atoms with E-state index < -0.39 is 8.25 Å². The maximum absolute atomic E-state index is 8.70. The van der Waals surface area contributed by atoms with Gasteiger partial charge in [-0.2, -0.15) is 0 Å². The van der Waals surface area contributed by atoms with Gasteiger partial charge in [-0.1, -0.05) is 6.42 Å². The van der Waals surface area contributed by atoms with E-state index >= 15 is 0 Å². The topological polar surface area (TPSA) is 101 Å². The Labute approximate surface area is 96.6 Å². The van der Waals surface area contributed by atoms with Gasteiger partial charge in [0.2, 0.25) is 0 Å². The average Bonchev–Trinajstić information content (AvgIpc) is 1.90. The maximum atomic E-state index is 8.70. The first kappa shape index (κ1) is 18.7. The van der Waals surface area contributed by atoms with Gasteiger partial charge in [0.25, 0.3) is 0 Å². The quantitative estimate of drug-likeness (QED) is 0.286. The summed E-state index contributed by atoms with van der Waals surface area (Å²) < 4.78 is 8.70. The van der Waals surface area contributed by atoms with Gasteiger partial charge in [-0.05, 0) is 25.9 Å². The van der Waals surface area contributed by atoms with Crippen LogP contribution in [0.1, 0.15) is 20.7 Å². The van der Waals surface area contributed by atoms with Crippen LogP contribution in [-0.4, -0.2) is 28.4 Å². The molecule has 70 valence electrons. The van der Waals surface area contributed by atoms with Crippen LogP contribution >= 0.6 is 8.25 Å². The zero-order chi connectivity index (χ0) is 7.82. The van der Waals surface area contributed by atoms with Gasteiger partial charge in [-0.3, -0.25) is 0 Å². The Bertz CT molecular complexity index is 91.0. The van der Waals surface area contributed by atoms with E-state index in [1.165, 1.54) is 32.4 Å². The summed E-state index contributed by atoms with van der Waals surface area (Å²) >= 11 is 0. The molecule has 1 aliphatic rings. The van der Waals surface area contributed by atoms with Crippen LogP contribution in [-0.2, 0) is 4.57 Å². The molecule has 0 aromatic rings. The molecule has 1 rings (SSSR count). The molecule has 12 heavy (non-hydrogen) atoms. The van der Waals surface area contributed by atoms with Crippen LogP contribution in [0.3, 0.4) is 0 Å². The van der Waals surface area contributed by atoms with Gasteiger partial charge in [0, 0.05) is 4.57 Å². The number of nitrogens with one attached hydrogen (secondary N) is 1. The van der Waals surface area contributed by atoms with Gasteiger partial charge in [0.05, 0.1) is 0 Å². The van der Waals surface area contributed by atoms with Gasteiger partial charge in [0.1, 0.15) is 0 Å². The summed E-state index contributed by atoms with van der Waals surface area (Å²) in [7, 11) is -2.87. The minimum atomic E-state index is -2.87. The first-order chi connectivity index (χ1) is 4.73. The van der Waals surface area contributed by atoms with E-state index in [-0.39, 0.29) is 36.5 Å². The predicted octanol–water partition coefficient (Wildman–Crippen LogP) is -3.32. The standard InChI is InChI=1S/C5H11N.Na.HO3P.H2O.H/c1-2-4-6-5-3-1;;1-4(2)3;;/h6H,1-5H2;;(H-,1,2,3);1H2;/q;+1;;;-1/p+1. The van der Waals surface area contributed by atoms with Crippen molar-refractivity contribution in [2.75, 3.05) is 13.1 Å². The largest absolute Gasteiger partial charge is 1.00 e. The Hall–Kier alpha value is 0.940. The maximum Gasteiger partial charge on any atom is 1.00 e. The van der Waals surface area contributed by atoms with Gasteiger partial charge in [-0.15, -0.1) is 9.79 Å².